The van der Waals surface area contributed by atoms with Gasteiger partial charge in [0.05, 0.1) is 24.0 Å². The number of ether oxygens (including phenoxy) is 1. The predicted octanol–water partition coefficient (Wildman–Crippen LogP) is 2.63. The summed E-state index contributed by atoms with van der Waals surface area (Å²) in [7, 11) is 0. The van der Waals surface area contributed by atoms with Crippen LogP contribution in [0, 0.1) is 18.3 Å². The van der Waals surface area contributed by atoms with Gasteiger partial charge in [-0.1, -0.05) is 6.58 Å². The fraction of sp³-hybridized carbons (Fsp3) is 0.318. The Morgan fingerprint density at radius 1 is 1.24 bits per heavy atom. The molecule has 0 unspecified atom stereocenters. The van der Waals surface area contributed by atoms with E-state index in [1.165, 1.54) is 0 Å². The highest BCUT2D eigenvalue weighted by Gasteiger charge is 2.20. The Kier molecular flexibility index (Phi) is 5.34. The van der Waals surface area contributed by atoms with Crippen LogP contribution in [0.3, 0.4) is 0 Å². The fourth-order valence-electron chi connectivity index (χ4n) is 3.54. The van der Waals surface area contributed by atoms with Crippen molar-refractivity contribution in [3.8, 4) is 11.8 Å². The van der Waals surface area contributed by atoms with E-state index in [4.69, 9.17) is 10.00 Å². The van der Waals surface area contributed by atoms with Gasteiger partial charge in [0.1, 0.15) is 17.3 Å². The Balaban J connectivity index is 1.35. The Hall–Kier alpha value is -3.53. The number of piperazine rings is 1. The Morgan fingerprint density at radius 3 is 2.72 bits per heavy atom. The molecule has 1 fully saturated rings. The molecular weight excluding hydrogens is 364 g/mol. The summed E-state index contributed by atoms with van der Waals surface area (Å²) in [4.78, 5) is 9.00. The smallest absolute Gasteiger partial charge is 0.147 e. The molecule has 0 spiro atoms. The van der Waals surface area contributed by atoms with Gasteiger partial charge in [-0.3, -0.25) is 10.4 Å². The molecule has 0 atom stereocenters. The molecule has 1 aromatic carbocycles. The van der Waals surface area contributed by atoms with Crippen molar-refractivity contribution in [2.45, 2.75) is 13.3 Å². The first kappa shape index (κ1) is 18.8. The molecule has 1 N–H and O–H groups in total. The van der Waals surface area contributed by atoms with Gasteiger partial charge in [0, 0.05) is 44.5 Å². The Morgan fingerprint density at radius 2 is 2.00 bits per heavy atom. The molecule has 2 aromatic rings. The average Bonchev–Trinajstić information content (AvgIpc) is 2.77. The summed E-state index contributed by atoms with van der Waals surface area (Å²) in [5.41, 5.74) is 7.70. The minimum Gasteiger partial charge on any atom is -0.491 e. The van der Waals surface area contributed by atoms with Crippen LogP contribution in [0.15, 0.2) is 54.0 Å². The van der Waals surface area contributed by atoms with E-state index in [2.05, 4.69) is 38.0 Å². The number of rotatable bonds is 4. The zero-order valence-electron chi connectivity index (χ0n) is 16.6. The molecule has 29 heavy (non-hydrogen) atoms. The standard InChI is InChI=1S/C22H24N6O/c1-16-13-21-22(24-15-16)20(7-12-29-21)26-25-17(2)27-8-10-28(11-9-27)19-5-3-18(14-23)4-6-19/h3-6,13,15,25H,2,7-12H2,1H3/b26-20-. The van der Waals surface area contributed by atoms with Crippen LogP contribution in [-0.2, 0) is 0 Å². The zero-order valence-corrected chi connectivity index (χ0v) is 16.6. The fourth-order valence-corrected chi connectivity index (χ4v) is 3.54. The van der Waals surface area contributed by atoms with Crippen LogP contribution in [0.5, 0.6) is 5.75 Å². The summed E-state index contributed by atoms with van der Waals surface area (Å²) < 4.78 is 5.70. The summed E-state index contributed by atoms with van der Waals surface area (Å²) in [5, 5.41) is 13.5. The minimum atomic E-state index is 0.606. The summed E-state index contributed by atoms with van der Waals surface area (Å²) in [6.07, 6.45) is 2.55. The molecule has 148 valence electrons. The van der Waals surface area contributed by atoms with E-state index in [1.54, 1.807) is 0 Å². The molecule has 7 heteroatoms. The van der Waals surface area contributed by atoms with Crippen LogP contribution in [-0.4, -0.2) is 48.4 Å². The summed E-state index contributed by atoms with van der Waals surface area (Å²) in [5.74, 6) is 1.58. The van der Waals surface area contributed by atoms with Gasteiger partial charge >= 0.3 is 0 Å². The van der Waals surface area contributed by atoms with Gasteiger partial charge in [0.2, 0.25) is 0 Å². The highest BCUT2D eigenvalue weighted by Crippen LogP contribution is 2.24. The number of hydrogen-bond acceptors (Lipinski definition) is 7. The van der Waals surface area contributed by atoms with Crippen LogP contribution in [0.2, 0.25) is 0 Å². The van der Waals surface area contributed by atoms with Crippen LogP contribution in [0.1, 0.15) is 23.2 Å². The molecule has 0 aliphatic carbocycles. The van der Waals surface area contributed by atoms with Crippen LogP contribution < -0.4 is 15.1 Å². The second kappa shape index (κ2) is 8.23. The van der Waals surface area contributed by atoms with Gasteiger partial charge in [-0.05, 0) is 42.8 Å². The quantitative estimate of drug-likeness (QED) is 0.812. The minimum absolute atomic E-state index is 0.606. The average molecular weight is 388 g/mol. The highest BCUT2D eigenvalue weighted by atomic mass is 16.5. The van der Waals surface area contributed by atoms with Crippen molar-refractivity contribution in [3.63, 3.8) is 0 Å². The second-order valence-electron chi connectivity index (χ2n) is 7.21. The van der Waals surface area contributed by atoms with Crippen LogP contribution in [0.25, 0.3) is 0 Å². The number of nitrogens with zero attached hydrogens (tertiary/aromatic N) is 5. The number of nitriles is 1. The predicted molar refractivity (Wildman–Crippen MR) is 113 cm³/mol. The number of benzene rings is 1. The first-order valence-corrected chi connectivity index (χ1v) is 9.75. The number of aromatic nitrogens is 1. The molecule has 1 saturated heterocycles. The van der Waals surface area contributed by atoms with Gasteiger partial charge in [0.25, 0.3) is 0 Å². The van der Waals surface area contributed by atoms with E-state index in [9.17, 15) is 0 Å². The SMILES string of the molecule is C=C(N/N=C1/CCOc2cc(C)cnc21)N1CCN(c2ccc(C#N)cc2)CC1. The van der Waals surface area contributed by atoms with Crippen molar-refractivity contribution < 1.29 is 4.74 Å². The van der Waals surface area contributed by atoms with Crippen molar-refractivity contribution in [2.24, 2.45) is 5.10 Å². The number of hydrazone groups is 1. The third-order valence-electron chi connectivity index (χ3n) is 5.20. The number of pyridine rings is 1. The van der Waals surface area contributed by atoms with Crippen molar-refractivity contribution in [3.05, 3.63) is 65.7 Å². The van der Waals surface area contributed by atoms with E-state index in [-0.39, 0.29) is 0 Å². The summed E-state index contributed by atoms with van der Waals surface area (Å²) >= 11 is 0. The normalized spacial score (nSPS) is 17.3. The maximum atomic E-state index is 8.94. The lowest BCUT2D eigenvalue weighted by Gasteiger charge is -2.37. The number of fused-ring (bicyclic) bond motifs is 1. The maximum absolute atomic E-state index is 8.94. The molecular formula is C22H24N6O. The zero-order chi connectivity index (χ0) is 20.2. The van der Waals surface area contributed by atoms with Gasteiger partial charge in [-0.2, -0.15) is 10.4 Å². The Bertz CT molecular complexity index is 968. The van der Waals surface area contributed by atoms with Crippen molar-refractivity contribution in [1.29, 1.82) is 5.26 Å². The second-order valence-corrected chi connectivity index (χ2v) is 7.21. The molecule has 0 amide bonds. The van der Waals surface area contributed by atoms with Gasteiger partial charge in [0.15, 0.2) is 0 Å². The summed E-state index contributed by atoms with van der Waals surface area (Å²) in [6.45, 7) is 10.2. The third kappa shape index (κ3) is 4.16. The molecule has 0 radical (unpaired) electrons. The number of anilines is 1. The number of aryl methyl sites for hydroxylation is 1. The lowest BCUT2D eigenvalue weighted by Crippen LogP contribution is -2.47. The lowest BCUT2D eigenvalue weighted by atomic mass is 10.1. The van der Waals surface area contributed by atoms with Crippen molar-refractivity contribution in [2.75, 3.05) is 37.7 Å². The molecule has 1 aromatic heterocycles. The van der Waals surface area contributed by atoms with E-state index >= 15 is 0 Å². The van der Waals surface area contributed by atoms with E-state index in [0.717, 1.165) is 66.8 Å². The van der Waals surface area contributed by atoms with E-state index in [1.807, 2.05) is 43.5 Å². The molecule has 4 rings (SSSR count). The first-order valence-electron chi connectivity index (χ1n) is 9.75. The van der Waals surface area contributed by atoms with Crippen molar-refractivity contribution >= 4 is 11.4 Å². The van der Waals surface area contributed by atoms with Crippen LogP contribution >= 0.6 is 0 Å². The first-order chi connectivity index (χ1) is 14.1. The summed E-state index contributed by atoms with van der Waals surface area (Å²) in [6, 6.07) is 11.9. The van der Waals surface area contributed by atoms with E-state index in [0.29, 0.717) is 12.2 Å². The molecule has 0 saturated carbocycles. The third-order valence-corrected chi connectivity index (χ3v) is 5.20. The highest BCUT2D eigenvalue weighted by molar-refractivity contribution is 6.01. The van der Waals surface area contributed by atoms with Gasteiger partial charge in [-0.25, -0.2) is 0 Å². The Labute approximate surface area is 170 Å². The molecule has 3 heterocycles. The van der Waals surface area contributed by atoms with Gasteiger partial charge < -0.3 is 14.5 Å². The number of nitrogens with one attached hydrogen (secondary N) is 1. The molecule has 7 nitrogen and oxygen atoms in total. The topological polar surface area (TPSA) is 76.8 Å². The maximum Gasteiger partial charge on any atom is 0.147 e. The molecule has 2 aliphatic heterocycles. The van der Waals surface area contributed by atoms with Crippen LogP contribution in [0.4, 0.5) is 5.69 Å². The van der Waals surface area contributed by atoms with Gasteiger partial charge in [-0.15, -0.1) is 0 Å². The monoisotopic (exact) mass is 388 g/mol. The van der Waals surface area contributed by atoms with Crippen molar-refractivity contribution in [1.82, 2.24) is 15.3 Å². The molecule has 2 aliphatic rings. The van der Waals surface area contributed by atoms with E-state index < -0.39 is 0 Å². The number of hydrogen-bond donors (Lipinski definition) is 1. The molecule has 0 bridgehead atoms. The largest absolute Gasteiger partial charge is 0.491 e. The lowest BCUT2D eigenvalue weighted by molar-refractivity contribution is 0.301.